The summed E-state index contributed by atoms with van der Waals surface area (Å²) in [6.07, 6.45) is 6.90. The molecule has 1 rings (SSSR count). The Kier molecular flexibility index (Phi) is 6.15. The van der Waals surface area contributed by atoms with Crippen molar-refractivity contribution in [2.75, 3.05) is 13.2 Å². The quantitative estimate of drug-likeness (QED) is 0.584. The van der Waals surface area contributed by atoms with Crippen LogP contribution in [0, 0.1) is 0 Å². The number of furan rings is 1. The lowest BCUT2D eigenvalue weighted by Gasteiger charge is -1.99. The first kappa shape index (κ1) is 14.8. The molecule has 0 unspecified atom stereocenters. The highest BCUT2D eigenvalue weighted by molar-refractivity contribution is 5.90. The minimum atomic E-state index is -0.620. The van der Waals surface area contributed by atoms with Crippen LogP contribution in [0.2, 0.25) is 0 Å². The summed E-state index contributed by atoms with van der Waals surface area (Å²) in [6.45, 7) is 3.97. The van der Waals surface area contributed by atoms with Crippen molar-refractivity contribution >= 4 is 11.9 Å². The molecule has 0 bridgehead atoms. The lowest BCUT2D eigenvalue weighted by atomic mass is 10.4. The summed E-state index contributed by atoms with van der Waals surface area (Å²) in [6, 6.07) is 2.76. The number of esters is 2. The van der Waals surface area contributed by atoms with E-state index in [-0.39, 0.29) is 24.7 Å². The van der Waals surface area contributed by atoms with Crippen molar-refractivity contribution in [3.8, 4) is 0 Å². The van der Waals surface area contributed by atoms with Crippen LogP contribution in [-0.4, -0.2) is 25.2 Å². The van der Waals surface area contributed by atoms with E-state index in [1.54, 1.807) is 24.3 Å². The van der Waals surface area contributed by atoms with Gasteiger partial charge in [0, 0.05) is 0 Å². The molecule has 0 spiro atoms. The zero-order valence-electron chi connectivity index (χ0n) is 10.9. The average Bonchev–Trinajstić information content (AvgIpc) is 2.89. The largest absolute Gasteiger partial charge is 0.456 e. The van der Waals surface area contributed by atoms with E-state index in [0.29, 0.717) is 0 Å². The van der Waals surface area contributed by atoms with Crippen LogP contribution in [0.4, 0.5) is 0 Å². The van der Waals surface area contributed by atoms with Gasteiger partial charge in [-0.2, -0.15) is 0 Å². The second-order valence-corrected chi connectivity index (χ2v) is 3.50. The van der Waals surface area contributed by atoms with Gasteiger partial charge in [0.05, 0.1) is 0 Å². The molecule has 102 valence electrons. The van der Waals surface area contributed by atoms with Crippen LogP contribution < -0.4 is 0 Å². The zero-order valence-corrected chi connectivity index (χ0v) is 10.9. The van der Waals surface area contributed by atoms with Crippen molar-refractivity contribution < 1.29 is 23.5 Å². The molecule has 0 fully saturated rings. The van der Waals surface area contributed by atoms with Gasteiger partial charge in [0.15, 0.2) is 0 Å². The summed E-state index contributed by atoms with van der Waals surface area (Å²) in [5.74, 6) is -1.29. The topological polar surface area (TPSA) is 65.7 Å². The van der Waals surface area contributed by atoms with Crippen LogP contribution in [0.25, 0.3) is 0 Å². The lowest BCUT2D eigenvalue weighted by molar-refractivity contribution is 0.0479. The Morgan fingerprint density at radius 3 is 1.79 bits per heavy atom. The monoisotopic (exact) mass is 264 g/mol. The van der Waals surface area contributed by atoms with E-state index in [1.807, 2.05) is 13.8 Å². The lowest BCUT2D eigenvalue weighted by Crippen LogP contribution is -2.05. The summed E-state index contributed by atoms with van der Waals surface area (Å²) < 4.78 is 14.8. The maximum Gasteiger partial charge on any atom is 0.374 e. The van der Waals surface area contributed by atoms with Gasteiger partial charge in [-0.25, -0.2) is 9.59 Å². The first-order valence-corrected chi connectivity index (χ1v) is 5.85. The first-order valence-electron chi connectivity index (χ1n) is 5.85. The van der Waals surface area contributed by atoms with Gasteiger partial charge in [-0.15, -0.1) is 0 Å². The molecular weight excluding hydrogens is 248 g/mol. The van der Waals surface area contributed by atoms with Crippen LogP contribution in [0.1, 0.15) is 35.0 Å². The molecule has 0 aliphatic carbocycles. The molecular formula is C14H16O5. The van der Waals surface area contributed by atoms with Gasteiger partial charge < -0.3 is 13.9 Å². The standard InChI is InChI=1S/C14H16O5/c1-3-5-9-17-13(15)11-7-8-12(19-11)14(16)18-10-6-4-2/h3-8H,9-10H2,1-2H3. The SMILES string of the molecule is CC=CCOC(=O)c1ccc(C(=O)OCC=CC)o1. The molecule has 0 saturated heterocycles. The smallest absolute Gasteiger partial charge is 0.374 e. The number of rotatable bonds is 6. The summed E-state index contributed by atoms with van der Waals surface area (Å²) >= 11 is 0. The molecule has 0 amide bonds. The van der Waals surface area contributed by atoms with Crippen molar-refractivity contribution in [1.29, 1.82) is 0 Å². The highest BCUT2D eigenvalue weighted by Gasteiger charge is 2.17. The molecule has 0 aliphatic heterocycles. The number of ether oxygens (including phenoxy) is 2. The molecule has 5 heteroatoms. The number of allylic oxidation sites excluding steroid dienone is 2. The van der Waals surface area contributed by atoms with Gasteiger partial charge in [-0.05, 0) is 26.0 Å². The molecule has 1 aromatic rings. The third kappa shape index (κ3) is 4.83. The average molecular weight is 264 g/mol. The van der Waals surface area contributed by atoms with E-state index < -0.39 is 11.9 Å². The van der Waals surface area contributed by atoms with E-state index >= 15 is 0 Å². The van der Waals surface area contributed by atoms with Crippen molar-refractivity contribution in [3.05, 3.63) is 48.0 Å². The first-order chi connectivity index (χ1) is 9.19. The normalized spacial score (nSPS) is 11.1. The van der Waals surface area contributed by atoms with E-state index in [0.717, 1.165) is 0 Å². The molecule has 19 heavy (non-hydrogen) atoms. The molecule has 0 saturated carbocycles. The number of hydrogen-bond donors (Lipinski definition) is 0. The molecule has 0 atom stereocenters. The molecule has 0 N–H and O–H groups in total. The molecule has 5 nitrogen and oxygen atoms in total. The van der Waals surface area contributed by atoms with E-state index in [9.17, 15) is 9.59 Å². The zero-order chi connectivity index (χ0) is 14.1. The van der Waals surface area contributed by atoms with Crippen LogP contribution in [0.15, 0.2) is 40.9 Å². The Labute approximate surface area is 111 Å². The Hall–Kier alpha value is -2.30. The number of carbonyl (C=O) groups excluding carboxylic acids is 2. The third-order valence-corrected chi connectivity index (χ3v) is 2.10. The molecule has 0 aliphatic rings. The Bertz CT molecular complexity index is 439. The Morgan fingerprint density at radius 1 is 1.00 bits per heavy atom. The predicted molar refractivity (Wildman–Crippen MR) is 68.9 cm³/mol. The van der Waals surface area contributed by atoms with E-state index in [2.05, 4.69) is 0 Å². The van der Waals surface area contributed by atoms with Gasteiger partial charge in [-0.1, -0.05) is 24.3 Å². The summed E-state index contributed by atoms with van der Waals surface area (Å²) in [4.78, 5) is 23.0. The van der Waals surface area contributed by atoms with Crippen LogP contribution in [0.3, 0.4) is 0 Å². The maximum atomic E-state index is 11.5. The fraction of sp³-hybridized carbons (Fsp3) is 0.286. The molecule has 0 aromatic carbocycles. The number of hydrogen-bond acceptors (Lipinski definition) is 5. The highest BCUT2D eigenvalue weighted by Crippen LogP contribution is 2.10. The Balaban J connectivity index is 2.55. The summed E-state index contributed by atoms with van der Waals surface area (Å²) in [5, 5.41) is 0. The fourth-order valence-electron chi connectivity index (χ4n) is 1.14. The Morgan fingerprint density at radius 2 is 1.42 bits per heavy atom. The van der Waals surface area contributed by atoms with Gasteiger partial charge in [0.25, 0.3) is 0 Å². The van der Waals surface area contributed by atoms with Gasteiger partial charge in [-0.3, -0.25) is 0 Å². The molecule has 1 aromatic heterocycles. The van der Waals surface area contributed by atoms with Crippen molar-refractivity contribution in [2.24, 2.45) is 0 Å². The maximum absolute atomic E-state index is 11.5. The van der Waals surface area contributed by atoms with Crippen molar-refractivity contribution in [1.82, 2.24) is 0 Å². The minimum absolute atomic E-state index is 0.0255. The highest BCUT2D eigenvalue weighted by atomic mass is 16.6. The van der Waals surface area contributed by atoms with E-state index in [4.69, 9.17) is 13.9 Å². The molecule has 1 heterocycles. The summed E-state index contributed by atoms with van der Waals surface area (Å²) in [5.41, 5.74) is 0. The van der Waals surface area contributed by atoms with Gasteiger partial charge in [0.2, 0.25) is 11.5 Å². The predicted octanol–water partition coefficient (Wildman–Crippen LogP) is 2.75. The summed E-state index contributed by atoms with van der Waals surface area (Å²) in [7, 11) is 0. The second-order valence-electron chi connectivity index (χ2n) is 3.50. The molecule has 0 radical (unpaired) electrons. The van der Waals surface area contributed by atoms with Crippen LogP contribution in [0.5, 0.6) is 0 Å². The van der Waals surface area contributed by atoms with Gasteiger partial charge >= 0.3 is 11.9 Å². The fourth-order valence-corrected chi connectivity index (χ4v) is 1.14. The van der Waals surface area contributed by atoms with Gasteiger partial charge in [0.1, 0.15) is 13.2 Å². The number of carbonyl (C=O) groups is 2. The minimum Gasteiger partial charge on any atom is -0.456 e. The third-order valence-electron chi connectivity index (χ3n) is 2.10. The van der Waals surface area contributed by atoms with Crippen LogP contribution in [-0.2, 0) is 9.47 Å². The second kappa shape index (κ2) is 7.92. The van der Waals surface area contributed by atoms with Crippen LogP contribution >= 0.6 is 0 Å². The van der Waals surface area contributed by atoms with Crippen molar-refractivity contribution in [3.63, 3.8) is 0 Å². The van der Waals surface area contributed by atoms with E-state index in [1.165, 1.54) is 12.1 Å². The van der Waals surface area contributed by atoms with Crippen molar-refractivity contribution in [2.45, 2.75) is 13.8 Å².